The summed E-state index contributed by atoms with van der Waals surface area (Å²) in [6.45, 7) is 2.74. The van der Waals surface area contributed by atoms with Crippen LogP contribution in [0.3, 0.4) is 0 Å². The van der Waals surface area contributed by atoms with Gasteiger partial charge in [0.2, 0.25) is 0 Å². The van der Waals surface area contributed by atoms with E-state index in [0.29, 0.717) is 5.56 Å². The van der Waals surface area contributed by atoms with E-state index in [1.54, 1.807) is 0 Å². The summed E-state index contributed by atoms with van der Waals surface area (Å²) >= 11 is 5.81. The molecule has 0 fully saturated rings. The van der Waals surface area contributed by atoms with Crippen molar-refractivity contribution < 1.29 is 52.4 Å². The molecule has 0 bridgehead atoms. The summed E-state index contributed by atoms with van der Waals surface area (Å²) in [7, 11) is -4.38. The molecule has 1 aromatic rings. The van der Waals surface area contributed by atoms with E-state index in [0.717, 1.165) is 12.1 Å². The second kappa shape index (κ2) is 7.53. The summed E-state index contributed by atoms with van der Waals surface area (Å²) in [5.41, 5.74) is 0.386. The maximum Gasteiger partial charge on any atom is 1.00 e. The Morgan fingerprint density at radius 2 is 2.00 bits per heavy atom. The molecule has 1 rings (SSSR count). The van der Waals surface area contributed by atoms with Gasteiger partial charge < -0.3 is 5.11 Å². The predicted octanol–water partition coefficient (Wildman–Crippen LogP) is -1.73. The van der Waals surface area contributed by atoms with E-state index in [9.17, 15) is 18.3 Å². The van der Waals surface area contributed by atoms with Crippen LogP contribution in [0, 0.1) is 6.92 Å². The molecule has 1 aromatic carbocycles. The van der Waals surface area contributed by atoms with Gasteiger partial charge in [-0.15, -0.1) is 0 Å². The molecule has 0 unspecified atom stereocenters. The average Bonchev–Trinajstić information content (AvgIpc) is 2.20. The summed E-state index contributed by atoms with van der Waals surface area (Å²) in [5.74, 6) is -1.01. The van der Waals surface area contributed by atoms with E-state index in [-0.39, 0.29) is 57.4 Å². The van der Waals surface area contributed by atoms with E-state index in [2.05, 4.69) is 4.99 Å². The van der Waals surface area contributed by atoms with Crippen LogP contribution in [0.25, 0.3) is 0 Å². The summed E-state index contributed by atoms with van der Waals surface area (Å²) < 4.78 is 30.8. The van der Waals surface area contributed by atoms with E-state index in [4.69, 9.17) is 16.2 Å². The van der Waals surface area contributed by atoms with Gasteiger partial charge in [-0.2, -0.15) is 8.42 Å². The molecule has 0 spiro atoms. The zero-order chi connectivity index (χ0) is 14.8. The Kier molecular flexibility index (Phi) is 7.37. The Labute approximate surface area is 143 Å². The minimum atomic E-state index is -4.38. The molecule has 0 aliphatic carbocycles. The Balaban J connectivity index is 0.00000361. The van der Waals surface area contributed by atoms with Crippen LogP contribution in [0.2, 0.25) is 5.02 Å². The van der Waals surface area contributed by atoms with Gasteiger partial charge in [-0.3, -0.25) is 14.3 Å². The van der Waals surface area contributed by atoms with Crippen molar-refractivity contribution in [2.45, 2.75) is 25.2 Å². The van der Waals surface area contributed by atoms with Gasteiger partial charge in [0.1, 0.15) is 5.78 Å². The van der Waals surface area contributed by atoms with Gasteiger partial charge >= 0.3 is 29.6 Å². The van der Waals surface area contributed by atoms with E-state index >= 15 is 0 Å². The van der Waals surface area contributed by atoms with Crippen molar-refractivity contribution in [2.24, 2.45) is 4.99 Å². The summed E-state index contributed by atoms with van der Waals surface area (Å²) in [6.07, 6.45) is -0.351. The van der Waals surface area contributed by atoms with Crippen molar-refractivity contribution in [3.63, 3.8) is 0 Å². The van der Waals surface area contributed by atoms with Gasteiger partial charge in [-0.1, -0.05) is 11.6 Å². The van der Waals surface area contributed by atoms with Gasteiger partial charge in [-0.25, -0.2) is 0 Å². The van der Waals surface area contributed by atoms with E-state index < -0.39 is 16.0 Å². The fourth-order valence-corrected chi connectivity index (χ4v) is 2.34. The number of hydrogen-bond acceptors (Lipinski definition) is 5. The van der Waals surface area contributed by atoms with Gasteiger partial charge in [0, 0.05) is 6.42 Å². The molecule has 20 heavy (non-hydrogen) atoms. The van der Waals surface area contributed by atoms with E-state index in [1.807, 2.05) is 0 Å². The first-order valence-electron chi connectivity index (χ1n) is 5.13. The topological polar surface area (TPSA) is 107 Å². The monoisotopic (exact) mass is 327 g/mol. The minimum absolute atomic E-state index is 0. The number of carbonyl (C=O) groups is 1. The standard InChI is InChI=1S/C11H12ClNO5S.Na/c1-6-3-8(19(16,17)18)5-9(12)11(6)13-10(15)4-7(2)14;/h3,5H,4H2,1-2H3,(H,13,15)(H,16,17,18);/q;+1/p-1. The van der Waals surface area contributed by atoms with Crippen molar-refractivity contribution in [3.8, 4) is 0 Å². The maximum absolute atomic E-state index is 11.4. The molecule has 104 valence electrons. The van der Waals surface area contributed by atoms with Gasteiger partial charge in [-0.05, 0) is 37.4 Å². The molecular weight excluding hydrogens is 317 g/mol. The Bertz CT molecular complexity index is 634. The number of Topliss-reactive ketones (excluding diaryl/α,β-unsaturated/α-hetero) is 1. The number of rotatable bonds is 4. The number of nitrogens with zero attached hydrogens (tertiary/aromatic N) is 1. The molecule has 0 radical (unpaired) electrons. The second-order valence-electron chi connectivity index (χ2n) is 3.93. The summed E-state index contributed by atoms with van der Waals surface area (Å²) in [6, 6.07) is 2.13. The smallest absolute Gasteiger partial charge is 0.861 e. The molecule has 6 nitrogen and oxygen atoms in total. The molecule has 1 N–H and O–H groups in total. The third-order valence-corrected chi connectivity index (χ3v) is 3.28. The molecule has 9 heteroatoms. The zero-order valence-corrected chi connectivity index (χ0v) is 14.7. The summed E-state index contributed by atoms with van der Waals surface area (Å²) in [4.78, 5) is 14.0. The van der Waals surface area contributed by atoms with Crippen LogP contribution in [0.1, 0.15) is 18.9 Å². The van der Waals surface area contributed by atoms with Gasteiger partial charge in [0.25, 0.3) is 10.1 Å². The first kappa shape index (κ1) is 19.6. The number of aryl methyl sites for hydroxylation is 1. The summed E-state index contributed by atoms with van der Waals surface area (Å²) in [5, 5.41) is 11.3. The van der Waals surface area contributed by atoms with Crippen LogP contribution in [0.15, 0.2) is 22.0 Å². The SMILES string of the molecule is CC(=O)CC([O-])=Nc1c(C)cc(S(=O)(=O)O)cc1Cl.[Na+]. The first-order chi connectivity index (χ1) is 8.61. The molecule has 0 atom stereocenters. The Hall–Kier alpha value is -0.440. The first-order valence-corrected chi connectivity index (χ1v) is 6.94. The fraction of sp³-hybridized carbons (Fsp3) is 0.273. The number of carbonyl (C=O) groups excluding carboxylic acids is 1. The van der Waals surface area contributed by atoms with E-state index in [1.165, 1.54) is 13.8 Å². The Morgan fingerprint density at radius 1 is 1.45 bits per heavy atom. The number of aliphatic imine (C=N–C) groups is 1. The van der Waals surface area contributed by atoms with Crippen molar-refractivity contribution in [1.82, 2.24) is 0 Å². The normalized spacial score (nSPS) is 11.9. The molecule has 0 amide bonds. The molecule has 0 aromatic heterocycles. The number of ketones is 1. The fourth-order valence-electron chi connectivity index (χ4n) is 1.37. The molecule has 0 aliphatic heterocycles. The average molecular weight is 328 g/mol. The largest absolute Gasteiger partial charge is 1.00 e. The van der Waals surface area contributed by atoms with Crippen molar-refractivity contribution in [2.75, 3.05) is 0 Å². The zero-order valence-electron chi connectivity index (χ0n) is 11.2. The third-order valence-electron chi connectivity index (χ3n) is 2.16. The van der Waals surface area contributed by atoms with Crippen molar-refractivity contribution >= 4 is 39.1 Å². The predicted molar refractivity (Wildman–Crippen MR) is 68.4 cm³/mol. The van der Waals surface area contributed by atoms with Crippen molar-refractivity contribution in [1.29, 1.82) is 0 Å². The number of halogens is 1. The minimum Gasteiger partial charge on any atom is -0.861 e. The van der Waals surface area contributed by atoms with Gasteiger partial charge in [0.05, 0.1) is 15.6 Å². The third kappa shape index (κ3) is 5.51. The number of benzene rings is 1. The van der Waals surface area contributed by atoms with Crippen LogP contribution >= 0.6 is 11.6 Å². The Morgan fingerprint density at radius 3 is 2.40 bits per heavy atom. The second-order valence-corrected chi connectivity index (χ2v) is 5.76. The van der Waals surface area contributed by atoms with Crippen LogP contribution in [0.5, 0.6) is 0 Å². The van der Waals surface area contributed by atoms with Crippen LogP contribution in [-0.2, 0) is 14.9 Å². The molecule has 0 aliphatic rings. The van der Waals surface area contributed by atoms with Crippen LogP contribution in [0.4, 0.5) is 5.69 Å². The van der Waals surface area contributed by atoms with Crippen LogP contribution < -0.4 is 34.7 Å². The maximum atomic E-state index is 11.4. The van der Waals surface area contributed by atoms with Crippen LogP contribution in [-0.4, -0.2) is 24.7 Å². The number of hydrogen-bond donors (Lipinski definition) is 1. The quantitative estimate of drug-likeness (QED) is 0.306. The van der Waals surface area contributed by atoms with Gasteiger partial charge in [0.15, 0.2) is 0 Å². The van der Waals surface area contributed by atoms with Crippen molar-refractivity contribution in [3.05, 3.63) is 22.7 Å². The molecule has 0 saturated heterocycles. The molecular formula is C11H11ClNNaO5S. The molecule has 0 heterocycles. The molecule has 0 saturated carbocycles.